The van der Waals surface area contributed by atoms with E-state index in [1.165, 1.54) is 11.1 Å². The Balaban J connectivity index is 1.09. The van der Waals surface area contributed by atoms with Gasteiger partial charge in [-0.15, -0.1) is 0 Å². The molecule has 3 atom stereocenters. The molecule has 238 valence electrons. The van der Waals surface area contributed by atoms with Crippen molar-refractivity contribution in [3.63, 3.8) is 0 Å². The Morgan fingerprint density at radius 2 is 1.84 bits per heavy atom. The maximum atomic E-state index is 11.9. The second-order valence-electron chi connectivity index (χ2n) is 14.6. The van der Waals surface area contributed by atoms with Gasteiger partial charge in [0.2, 0.25) is 0 Å². The van der Waals surface area contributed by atoms with E-state index in [9.17, 15) is 9.90 Å². The molecule has 3 aliphatic rings. The summed E-state index contributed by atoms with van der Waals surface area (Å²) in [5, 5.41) is 10.8. The maximum absolute atomic E-state index is 11.9. The summed E-state index contributed by atoms with van der Waals surface area (Å²) in [6, 6.07) is 12.6. The van der Waals surface area contributed by atoms with Gasteiger partial charge in [-0.05, 0) is 110 Å². The molecule has 0 amide bonds. The van der Waals surface area contributed by atoms with Crippen molar-refractivity contribution >= 4 is 16.9 Å². The number of nitrogens with zero attached hydrogens (tertiary/aromatic N) is 1. The highest BCUT2D eigenvalue weighted by molar-refractivity contribution is 5.84. The smallest absolute Gasteiger partial charge is 0.306 e. The van der Waals surface area contributed by atoms with Gasteiger partial charge in [-0.1, -0.05) is 39.8 Å². The van der Waals surface area contributed by atoms with Crippen LogP contribution < -0.4 is 9.47 Å². The summed E-state index contributed by atoms with van der Waals surface area (Å²) in [5.41, 5.74) is 4.54. The molecule has 1 saturated heterocycles. The zero-order valence-electron chi connectivity index (χ0n) is 27.1. The summed E-state index contributed by atoms with van der Waals surface area (Å²) in [6.07, 6.45) is 6.69. The molecule has 0 radical (unpaired) electrons. The summed E-state index contributed by atoms with van der Waals surface area (Å²) in [6.45, 7) is 12.3. The Morgan fingerprint density at radius 3 is 2.52 bits per heavy atom. The number of aliphatic carboxylic acids is 1. The van der Waals surface area contributed by atoms with Crippen LogP contribution in [0.5, 0.6) is 11.5 Å². The summed E-state index contributed by atoms with van der Waals surface area (Å²) in [4.78, 5) is 14.4. The van der Waals surface area contributed by atoms with Crippen LogP contribution >= 0.6 is 0 Å². The third-order valence-corrected chi connectivity index (χ3v) is 9.87. The van der Waals surface area contributed by atoms with E-state index >= 15 is 0 Å². The highest BCUT2D eigenvalue weighted by Gasteiger charge is 2.39. The van der Waals surface area contributed by atoms with Gasteiger partial charge in [-0.3, -0.25) is 9.69 Å². The largest absolute Gasteiger partial charge is 0.496 e. The molecule has 1 N–H and O–H groups in total. The first-order chi connectivity index (χ1) is 21.1. The van der Waals surface area contributed by atoms with Gasteiger partial charge in [0.1, 0.15) is 35.6 Å². The van der Waals surface area contributed by atoms with Crippen LogP contribution in [0, 0.1) is 23.2 Å². The average Bonchev–Trinajstić information content (AvgIpc) is 3.74. The van der Waals surface area contributed by atoms with Gasteiger partial charge in [0.15, 0.2) is 0 Å². The molecular formula is C37H49NO6. The topological polar surface area (TPSA) is 81.4 Å². The van der Waals surface area contributed by atoms with Crippen molar-refractivity contribution in [3.05, 3.63) is 58.8 Å². The number of benzene rings is 2. The number of hydrogen-bond acceptors (Lipinski definition) is 6. The van der Waals surface area contributed by atoms with E-state index in [0.717, 1.165) is 92.0 Å². The van der Waals surface area contributed by atoms with Gasteiger partial charge in [0.05, 0.1) is 19.6 Å². The Morgan fingerprint density at radius 1 is 1.07 bits per heavy atom. The van der Waals surface area contributed by atoms with Crippen LogP contribution in [0.2, 0.25) is 0 Å². The van der Waals surface area contributed by atoms with Crippen molar-refractivity contribution in [3.8, 4) is 11.5 Å². The van der Waals surface area contributed by atoms with E-state index < -0.39 is 5.97 Å². The number of piperidine rings is 1. The van der Waals surface area contributed by atoms with Crippen molar-refractivity contribution < 1.29 is 28.5 Å². The second-order valence-corrected chi connectivity index (χ2v) is 14.6. The highest BCUT2D eigenvalue weighted by atomic mass is 16.5. The highest BCUT2D eigenvalue weighted by Crippen LogP contribution is 2.48. The van der Waals surface area contributed by atoms with Gasteiger partial charge < -0.3 is 23.7 Å². The lowest BCUT2D eigenvalue weighted by Crippen LogP contribution is -2.40. The zero-order valence-corrected chi connectivity index (χ0v) is 27.1. The number of carboxylic acid groups (broad SMARTS) is 1. The van der Waals surface area contributed by atoms with Crippen LogP contribution in [0.15, 0.2) is 40.8 Å². The number of carbonyl (C=O) groups is 1. The van der Waals surface area contributed by atoms with Crippen LogP contribution in [-0.2, 0) is 29.1 Å². The lowest BCUT2D eigenvalue weighted by molar-refractivity contribution is -0.142. The number of fused-ring (bicyclic) bond motifs is 2. The quantitative estimate of drug-likeness (QED) is 0.239. The van der Waals surface area contributed by atoms with Gasteiger partial charge in [-0.2, -0.15) is 0 Å². The molecule has 6 rings (SSSR count). The number of hydrogen-bond donors (Lipinski definition) is 1. The standard InChI is InChI=1S/C37H49NO6/c1-23(36(39)40)35(26-7-8-26)27-9-6-24-10-11-31(44-34(24)18-27)25-14-16-38(17-15-25)20-30-29-19-28(21-42-22-37(2,3)4)43-33(29)13-12-32(30)41-5/h6,9,12-13,18-19,23,25-26,31,35H,7-8,10-11,14-17,20-22H2,1-5H3,(H,39,40)/t23-,31+,35-/m0/s1. The molecule has 1 saturated carbocycles. The first-order valence-corrected chi connectivity index (χ1v) is 16.5. The fraction of sp³-hybridized carbons (Fsp3) is 0.595. The predicted molar refractivity (Wildman–Crippen MR) is 171 cm³/mol. The van der Waals surface area contributed by atoms with Gasteiger partial charge >= 0.3 is 5.97 Å². The molecule has 7 nitrogen and oxygen atoms in total. The predicted octanol–water partition coefficient (Wildman–Crippen LogP) is 7.82. The first-order valence-electron chi connectivity index (χ1n) is 16.5. The zero-order chi connectivity index (χ0) is 31.0. The van der Waals surface area contributed by atoms with Gasteiger partial charge in [0, 0.05) is 17.5 Å². The molecule has 0 unspecified atom stereocenters. The van der Waals surface area contributed by atoms with Crippen LogP contribution in [-0.4, -0.2) is 48.9 Å². The molecule has 1 aliphatic carbocycles. The first kappa shape index (κ1) is 31.0. The SMILES string of the molecule is COc1ccc2oc(COCC(C)(C)C)cc2c1CN1CCC([C@H]2CCc3ccc([C@H](C4CC4)[C@H](C)C(=O)O)cc3O2)CC1. The minimum atomic E-state index is -0.711. The van der Waals surface area contributed by atoms with E-state index in [0.29, 0.717) is 25.0 Å². The number of furan rings is 1. The Bertz CT molecular complexity index is 1460. The van der Waals surface area contributed by atoms with Crippen molar-refractivity contribution in [2.24, 2.45) is 23.2 Å². The number of ether oxygens (including phenoxy) is 3. The van der Waals surface area contributed by atoms with E-state index in [4.69, 9.17) is 18.6 Å². The molecule has 1 aromatic heterocycles. The minimum Gasteiger partial charge on any atom is -0.496 e. The Hall–Kier alpha value is -3.03. The minimum absolute atomic E-state index is 0.0637. The van der Waals surface area contributed by atoms with E-state index in [-0.39, 0.29) is 23.4 Å². The third-order valence-electron chi connectivity index (χ3n) is 9.87. The molecule has 2 aliphatic heterocycles. The van der Waals surface area contributed by atoms with Crippen molar-refractivity contribution in [1.82, 2.24) is 4.90 Å². The molecule has 0 bridgehead atoms. The number of aryl methyl sites for hydroxylation is 1. The summed E-state index contributed by atoms with van der Waals surface area (Å²) in [7, 11) is 1.74. The lowest BCUT2D eigenvalue weighted by atomic mass is 9.81. The lowest BCUT2D eigenvalue weighted by Gasteiger charge is -2.38. The number of likely N-dealkylation sites (tertiary alicyclic amines) is 1. The van der Waals surface area contributed by atoms with E-state index in [2.05, 4.69) is 49.9 Å². The number of rotatable bonds is 11. The van der Waals surface area contributed by atoms with Crippen molar-refractivity contribution in [2.75, 3.05) is 26.8 Å². The number of methoxy groups -OCH3 is 1. The second kappa shape index (κ2) is 12.8. The molecule has 3 heterocycles. The number of carboxylic acids is 1. The molecule has 7 heteroatoms. The monoisotopic (exact) mass is 603 g/mol. The summed E-state index contributed by atoms with van der Waals surface area (Å²) < 4.78 is 24.6. The van der Waals surface area contributed by atoms with Gasteiger partial charge in [-0.25, -0.2) is 0 Å². The van der Waals surface area contributed by atoms with Crippen LogP contribution in [0.25, 0.3) is 11.0 Å². The third kappa shape index (κ3) is 6.94. The average molecular weight is 604 g/mol. The molecular weight excluding hydrogens is 554 g/mol. The molecule has 44 heavy (non-hydrogen) atoms. The molecule has 2 aromatic carbocycles. The molecule has 3 aromatic rings. The van der Waals surface area contributed by atoms with Gasteiger partial charge in [0.25, 0.3) is 0 Å². The summed E-state index contributed by atoms with van der Waals surface area (Å²) in [5.74, 6) is 2.67. The van der Waals surface area contributed by atoms with Crippen LogP contribution in [0.4, 0.5) is 0 Å². The molecule has 2 fully saturated rings. The van der Waals surface area contributed by atoms with Crippen molar-refractivity contribution in [1.29, 1.82) is 0 Å². The van der Waals surface area contributed by atoms with Crippen molar-refractivity contribution in [2.45, 2.75) is 91.4 Å². The molecule has 0 spiro atoms. The van der Waals surface area contributed by atoms with Crippen LogP contribution in [0.3, 0.4) is 0 Å². The fourth-order valence-corrected chi connectivity index (χ4v) is 7.32. The van der Waals surface area contributed by atoms with Crippen LogP contribution in [0.1, 0.15) is 88.2 Å². The Kier molecular flexibility index (Phi) is 8.98. The van der Waals surface area contributed by atoms with E-state index in [1.54, 1.807) is 7.11 Å². The maximum Gasteiger partial charge on any atom is 0.306 e. The Labute approximate surface area is 261 Å². The normalized spacial score (nSPS) is 21.1. The summed E-state index contributed by atoms with van der Waals surface area (Å²) >= 11 is 0. The van der Waals surface area contributed by atoms with E-state index in [1.807, 2.05) is 19.1 Å². The fourth-order valence-electron chi connectivity index (χ4n) is 7.32.